The molecule has 160 valence electrons. The lowest BCUT2D eigenvalue weighted by molar-refractivity contribution is -0.128. The summed E-state index contributed by atoms with van der Waals surface area (Å²) in [7, 11) is -2.59. The van der Waals surface area contributed by atoms with Gasteiger partial charge < -0.3 is 4.90 Å². The van der Waals surface area contributed by atoms with Gasteiger partial charge in [0.15, 0.2) is 0 Å². The zero-order valence-electron chi connectivity index (χ0n) is 17.4. The fourth-order valence-corrected chi connectivity index (χ4v) is 4.33. The minimum Gasteiger partial charge on any atom is -0.327 e. The highest BCUT2D eigenvalue weighted by Crippen LogP contribution is 2.24. The van der Waals surface area contributed by atoms with E-state index in [-0.39, 0.29) is 17.2 Å². The second-order valence-corrected chi connectivity index (χ2v) is 9.10. The predicted molar refractivity (Wildman–Crippen MR) is 119 cm³/mol. The summed E-state index contributed by atoms with van der Waals surface area (Å²) in [5.41, 5.74) is -0.260. The van der Waals surface area contributed by atoms with Gasteiger partial charge in [-0.05, 0) is 36.8 Å². The van der Waals surface area contributed by atoms with Crippen molar-refractivity contribution in [3.8, 4) is 0 Å². The van der Waals surface area contributed by atoms with E-state index in [1.54, 1.807) is 55.5 Å². The van der Waals surface area contributed by atoms with Gasteiger partial charge in [0.05, 0.1) is 4.90 Å². The first kappa shape index (κ1) is 22.2. The number of amides is 2. The third kappa shape index (κ3) is 5.00. The number of likely N-dealkylation sites (N-methyl/N-ethyl adjacent to an activating group) is 1. The third-order valence-corrected chi connectivity index (χ3v) is 6.57. The molecule has 0 aliphatic heterocycles. The minimum absolute atomic E-state index is 0.0255. The molecule has 31 heavy (non-hydrogen) atoms. The predicted octanol–water partition coefficient (Wildman–Crippen LogP) is 3.27. The fourth-order valence-electron chi connectivity index (χ4n) is 3.23. The molecule has 0 bridgehead atoms. The largest absolute Gasteiger partial charge is 0.327 e. The highest BCUT2D eigenvalue weighted by Gasteiger charge is 2.42. The summed E-state index contributed by atoms with van der Waals surface area (Å²) < 4.78 is 27.7. The Labute approximate surface area is 182 Å². The average molecular weight is 437 g/mol. The van der Waals surface area contributed by atoms with Crippen molar-refractivity contribution in [3.63, 3.8) is 0 Å². The smallest absolute Gasteiger partial charge is 0.264 e. The summed E-state index contributed by atoms with van der Waals surface area (Å²) in [5.74, 6) is -1.17. The summed E-state index contributed by atoms with van der Waals surface area (Å²) in [6.07, 6.45) is 0.138. The molecule has 3 rings (SSSR count). The molecule has 0 saturated heterocycles. The van der Waals surface area contributed by atoms with Crippen LogP contribution in [0.2, 0.25) is 0 Å². The molecule has 0 saturated carbocycles. The number of hydrogen-bond donors (Lipinski definition) is 1. The van der Waals surface area contributed by atoms with Gasteiger partial charge in [-0.1, -0.05) is 66.7 Å². The molecule has 0 radical (unpaired) electrons. The van der Waals surface area contributed by atoms with Crippen LogP contribution in [0.3, 0.4) is 0 Å². The number of nitrogens with zero attached hydrogens (tertiary/aromatic N) is 1. The molecular weight excluding hydrogens is 412 g/mol. The zero-order chi connectivity index (χ0) is 22.5. The van der Waals surface area contributed by atoms with Crippen molar-refractivity contribution in [2.75, 3.05) is 7.05 Å². The van der Waals surface area contributed by atoms with Crippen LogP contribution in [0.5, 0.6) is 0 Å². The summed E-state index contributed by atoms with van der Waals surface area (Å²) in [6.45, 7) is 1.57. The average Bonchev–Trinajstić information content (AvgIpc) is 2.79. The van der Waals surface area contributed by atoms with Gasteiger partial charge in [-0.2, -0.15) is 0 Å². The maximum Gasteiger partial charge on any atom is 0.264 e. The second kappa shape index (κ2) is 9.14. The van der Waals surface area contributed by atoms with Crippen molar-refractivity contribution in [2.24, 2.45) is 0 Å². The van der Waals surface area contributed by atoms with E-state index in [0.717, 1.165) is 5.56 Å². The van der Waals surface area contributed by atoms with Crippen LogP contribution in [0.4, 0.5) is 0 Å². The highest BCUT2D eigenvalue weighted by atomic mass is 32.2. The lowest BCUT2D eigenvalue weighted by Crippen LogP contribution is -2.59. The van der Waals surface area contributed by atoms with Crippen LogP contribution >= 0.6 is 0 Å². The lowest BCUT2D eigenvalue weighted by atomic mass is 9.90. The Hall–Kier alpha value is -3.45. The second-order valence-electron chi connectivity index (χ2n) is 7.41. The maximum atomic E-state index is 13.4. The van der Waals surface area contributed by atoms with E-state index in [4.69, 9.17) is 0 Å². The molecule has 0 spiro atoms. The standard InChI is InChI=1S/C24H24N2O4S/c1-24(18-19-12-6-3-7-13-19,26(2)22(27)20-14-8-4-9-15-20)23(28)25-31(29,30)21-16-10-5-11-17-21/h3-17H,18H2,1-2H3,(H,25,28). The first-order chi connectivity index (χ1) is 14.7. The molecule has 0 aliphatic carbocycles. The Balaban J connectivity index is 1.97. The number of nitrogens with one attached hydrogen (secondary N) is 1. The Morgan fingerprint density at radius 1 is 0.839 bits per heavy atom. The van der Waals surface area contributed by atoms with Gasteiger partial charge in [-0.3, -0.25) is 9.59 Å². The molecule has 0 aliphatic rings. The molecule has 0 fully saturated rings. The van der Waals surface area contributed by atoms with Gasteiger partial charge in [-0.15, -0.1) is 0 Å². The van der Waals surface area contributed by atoms with Gasteiger partial charge in [0.25, 0.3) is 21.8 Å². The monoisotopic (exact) mass is 436 g/mol. The number of carbonyl (C=O) groups is 2. The van der Waals surface area contributed by atoms with E-state index in [1.807, 2.05) is 30.3 Å². The Kier molecular flexibility index (Phi) is 6.56. The SMILES string of the molecule is CN(C(=O)c1ccccc1)C(C)(Cc1ccccc1)C(=O)NS(=O)(=O)c1ccccc1. The normalized spacial score (nSPS) is 13.1. The maximum absolute atomic E-state index is 13.4. The van der Waals surface area contributed by atoms with Crippen LogP contribution in [-0.2, 0) is 21.2 Å². The first-order valence-corrected chi connectivity index (χ1v) is 11.2. The summed E-state index contributed by atoms with van der Waals surface area (Å²) in [5, 5.41) is 0. The van der Waals surface area contributed by atoms with E-state index in [0.29, 0.717) is 5.56 Å². The van der Waals surface area contributed by atoms with Gasteiger partial charge >= 0.3 is 0 Å². The van der Waals surface area contributed by atoms with Crippen molar-refractivity contribution < 1.29 is 18.0 Å². The van der Waals surface area contributed by atoms with Crippen LogP contribution < -0.4 is 4.72 Å². The molecule has 0 aromatic heterocycles. The van der Waals surface area contributed by atoms with E-state index in [9.17, 15) is 18.0 Å². The highest BCUT2D eigenvalue weighted by molar-refractivity contribution is 7.90. The number of hydrogen-bond acceptors (Lipinski definition) is 4. The molecule has 7 heteroatoms. The molecule has 1 N–H and O–H groups in total. The summed E-state index contributed by atoms with van der Waals surface area (Å²) in [4.78, 5) is 27.7. The molecule has 3 aromatic carbocycles. The van der Waals surface area contributed by atoms with E-state index in [2.05, 4.69) is 4.72 Å². The zero-order valence-corrected chi connectivity index (χ0v) is 18.2. The van der Waals surface area contributed by atoms with E-state index < -0.39 is 21.5 Å². The molecule has 2 amide bonds. The topological polar surface area (TPSA) is 83.6 Å². The van der Waals surface area contributed by atoms with Crippen molar-refractivity contribution in [3.05, 3.63) is 102 Å². The first-order valence-electron chi connectivity index (χ1n) is 9.73. The molecule has 0 heterocycles. The Morgan fingerprint density at radius 3 is 1.87 bits per heavy atom. The van der Waals surface area contributed by atoms with Crippen molar-refractivity contribution in [1.29, 1.82) is 0 Å². The lowest BCUT2D eigenvalue weighted by Gasteiger charge is -2.37. The molecule has 1 unspecified atom stereocenters. The third-order valence-electron chi connectivity index (χ3n) is 5.23. The Bertz CT molecular complexity index is 1150. The summed E-state index contributed by atoms with van der Waals surface area (Å²) >= 11 is 0. The quantitative estimate of drug-likeness (QED) is 0.616. The van der Waals surface area contributed by atoms with Crippen LogP contribution in [0, 0.1) is 0 Å². The molecule has 1 atom stereocenters. The van der Waals surface area contributed by atoms with Gasteiger partial charge in [0.1, 0.15) is 5.54 Å². The number of sulfonamides is 1. The number of rotatable bonds is 7. The van der Waals surface area contributed by atoms with Gasteiger partial charge in [0.2, 0.25) is 0 Å². The van der Waals surface area contributed by atoms with Gasteiger partial charge in [0, 0.05) is 19.0 Å². The van der Waals surface area contributed by atoms with Gasteiger partial charge in [-0.25, -0.2) is 13.1 Å². The van der Waals surface area contributed by atoms with E-state index in [1.165, 1.54) is 24.1 Å². The number of benzene rings is 3. The number of carbonyl (C=O) groups excluding carboxylic acids is 2. The molecule has 3 aromatic rings. The van der Waals surface area contributed by atoms with Crippen LogP contribution in [0.25, 0.3) is 0 Å². The Morgan fingerprint density at radius 2 is 1.32 bits per heavy atom. The van der Waals surface area contributed by atoms with Crippen LogP contribution in [-0.4, -0.2) is 37.7 Å². The van der Waals surface area contributed by atoms with Crippen molar-refractivity contribution >= 4 is 21.8 Å². The minimum atomic E-state index is -4.10. The van der Waals surface area contributed by atoms with Crippen molar-refractivity contribution in [1.82, 2.24) is 9.62 Å². The molecule has 6 nitrogen and oxygen atoms in total. The van der Waals surface area contributed by atoms with Crippen LogP contribution in [0.15, 0.2) is 95.9 Å². The fraction of sp³-hybridized carbons (Fsp3) is 0.167. The summed E-state index contributed by atoms with van der Waals surface area (Å²) in [6, 6.07) is 25.4. The van der Waals surface area contributed by atoms with E-state index >= 15 is 0 Å². The van der Waals surface area contributed by atoms with Crippen molar-refractivity contribution in [2.45, 2.75) is 23.8 Å². The molecular formula is C24H24N2O4S. The van der Waals surface area contributed by atoms with Crippen LogP contribution in [0.1, 0.15) is 22.8 Å².